The number of nitrogens with zero attached hydrogens (tertiary/aromatic N) is 1. The van der Waals surface area contributed by atoms with Gasteiger partial charge in [-0.1, -0.05) is 48.8 Å². The molecule has 118 valence electrons. The largest absolute Gasteiger partial charge is 0.550 e. The molecule has 0 aliphatic heterocycles. The highest BCUT2D eigenvalue weighted by molar-refractivity contribution is 7.48. The maximum Gasteiger partial charge on any atom is 0.550 e. The topological polar surface area (TPSA) is 57.1 Å². The molecule has 0 saturated heterocycles. The van der Waals surface area contributed by atoms with E-state index in [1.54, 1.807) is 13.8 Å². The lowest BCUT2D eigenvalue weighted by atomic mass is 10.1. The molecule has 0 N–H and O–H groups in total. The van der Waals surface area contributed by atoms with Gasteiger partial charge in [0.05, 0.1) is 18.9 Å². The second-order valence-corrected chi connectivity index (χ2v) is 5.95. The summed E-state index contributed by atoms with van der Waals surface area (Å²) in [5.41, 5.74) is 1.70. The molecular weight excluding hydrogens is 289 g/mol. The van der Waals surface area contributed by atoms with Crippen molar-refractivity contribution in [2.45, 2.75) is 40.0 Å². The number of phosphoric acid groups is 1. The fraction of sp³-hybridized carbons (Fsp3) is 0.533. The molecule has 0 aliphatic rings. The summed E-state index contributed by atoms with van der Waals surface area (Å²) in [6, 6.07) is 9.70. The summed E-state index contributed by atoms with van der Waals surface area (Å²) in [5, 5.41) is 4.04. The van der Waals surface area contributed by atoms with Crippen molar-refractivity contribution in [2.24, 2.45) is 5.16 Å². The molecule has 1 rings (SSSR count). The Morgan fingerprint density at radius 3 is 2.24 bits per heavy atom. The van der Waals surface area contributed by atoms with E-state index in [2.05, 4.69) is 12.1 Å². The Balaban J connectivity index is 2.89. The lowest BCUT2D eigenvalue weighted by Gasteiger charge is -2.14. The molecule has 0 aromatic heterocycles. The van der Waals surface area contributed by atoms with Crippen molar-refractivity contribution in [1.29, 1.82) is 0 Å². The number of oxime groups is 1. The number of benzene rings is 1. The predicted molar refractivity (Wildman–Crippen MR) is 84.4 cm³/mol. The highest BCUT2D eigenvalue weighted by Gasteiger charge is 2.27. The second kappa shape index (κ2) is 9.72. The third-order valence-corrected chi connectivity index (χ3v) is 4.13. The van der Waals surface area contributed by atoms with Crippen molar-refractivity contribution >= 4 is 13.5 Å². The molecule has 1 aromatic rings. The minimum atomic E-state index is -3.61. The minimum absolute atomic E-state index is 0.239. The first-order valence-electron chi connectivity index (χ1n) is 7.35. The van der Waals surface area contributed by atoms with Crippen LogP contribution in [-0.2, 0) is 18.2 Å². The van der Waals surface area contributed by atoms with Crippen LogP contribution in [0.15, 0.2) is 35.5 Å². The number of hydrogen-bond acceptors (Lipinski definition) is 5. The average molecular weight is 313 g/mol. The van der Waals surface area contributed by atoms with Gasteiger partial charge in [-0.25, -0.2) is 4.57 Å². The van der Waals surface area contributed by atoms with E-state index in [9.17, 15) is 4.57 Å². The van der Waals surface area contributed by atoms with Crippen LogP contribution in [0.5, 0.6) is 0 Å². The Hall–Kier alpha value is -1.16. The quantitative estimate of drug-likeness (QED) is 0.354. The Kier molecular flexibility index (Phi) is 8.28. The molecule has 21 heavy (non-hydrogen) atoms. The smallest absolute Gasteiger partial charge is 0.292 e. The molecule has 5 nitrogen and oxygen atoms in total. The van der Waals surface area contributed by atoms with Crippen LogP contribution in [-0.4, -0.2) is 18.9 Å². The normalized spacial score (nSPS) is 12.4. The maximum absolute atomic E-state index is 12.2. The van der Waals surface area contributed by atoms with Gasteiger partial charge in [-0.2, -0.15) is 0 Å². The number of rotatable bonds is 10. The van der Waals surface area contributed by atoms with Gasteiger partial charge >= 0.3 is 7.82 Å². The minimum Gasteiger partial charge on any atom is -0.292 e. The Morgan fingerprint density at radius 1 is 1.10 bits per heavy atom. The van der Waals surface area contributed by atoms with Gasteiger partial charge in [0.25, 0.3) is 0 Å². The summed E-state index contributed by atoms with van der Waals surface area (Å²) >= 11 is 0. The Bertz CT molecular complexity index is 466. The fourth-order valence-electron chi connectivity index (χ4n) is 1.72. The van der Waals surface area contributed by atoms with Gasteiger partial charge in [0.2, 0.25) is 0 Å². The highest BCUT2D eigenvalue weighted by atomic mass is 31.2. The van der Waals surface area contributed by atoms with Gasteiger partial charge in [0.1, 0.15) is 0 Å². The summed E-state index contributed by atoms with van der Waals surface area (Å²) in [6.07, 6.45) is 2.77. The van der Waals surface area contributed by atoms with E-state index >= 15 is 0 Å². The molecule has 0 fully saturated rings. The van der Waals surface area contributed by atoms with Crippen molar-refractivity contribution in [3.63, 3.8) is 0 Å². The molecule has 1 aromatic carbocycles. The van der Waals surface area contributed by atoms with Crippen molar-refractivity contribution < 1.29 is 18.2 Å². The molecule has 0 amide bonds. The lowest BCUT2D eigenvalue weighted by Crippen LogP contribution is -2.04. The van der Waals surface area contributed by atoms with Crippen LogP contribution in [0.3, 0.4) is 0 Å². The van der Waals surface area contributed by atoms with Crippen LogP contribution < -0.4 is 0 Å². The Morgan fingerprint density at radius 2 is 1.71 bits per heavy atom. The van der Waals surface area contributed by atoms with Gasteiger partial charge < -0.3 is 0 Å². The molecule has 0 aliphatic carbocycles. The van der Waals surface area contributed by atoms with Crippen molar-refractivity contribution in [1.82, 2.24) is 0 Å². The first kappa shape index (κ1) is 17.9. The number of phosphoric ester groups is 1. The average Bonchev–Trinajstić information content (AvgIpc) is 2.49. The van der Waals surface area contributed by atoms with E-state index in [1.165, 1.54) is 0 Å². The SMILES string of the molecule is CCCCC(=NOP(=O)(OCC)OCC)c1ccccc1. The molecular formula is C15H24NO4P. The van der Waals surface area contributed by atoms with E-state index in [4.69, 9.17) is 13.7 Å². The van der Waals surface area contributed by atoms with Gasteiger partial charge in [-0.3, -0.25) is 13.7 Å². The summed E-state index contributed by atoms with van der Waals surface area (Å²) < 4.78 is 27.5. The molecule has 0 spiro atoms. The van der Waals surface area contributed by atoms with Crippen LogP contribution in [0.25, 0.3) is 0 Å². The van der Waals surface area contributed by atoms with E-state index < -0.39 is 7.82 Å². The number of hydrogen-bond donors (Lipinski definition) is 0. The van der Waals surface area contributed by atoms with Gasteiger partial charge in [0.15, 0.2) is 0 Å². The van der Waals surface area contributed by atoms with Crippen LogP contribution in [0.4, 0.5) is 0 Å². The van der Waals surface area contributed by atoms with Crippen molar-refractivity contribution in [3.05, 3.63) is 35.9 Å². The molecule has 0 atom stereocenters. The molecule has 0 radical (unpaired) electrons. The zero-order valence-corrected chi connectivity index (χ0v) is 13.8. The first-order valence-corrected chi connectivity index (χ1v) is 8.81. The van der Waals surface area contributed by atoms with E-state index in [0.717, 1.165) is 30.5 Å². The molecule has 0 unspecified atom stereocenters. The van der Waals surface area contributed by atoms with Gasteiger partial charge in [0, 0.05) is 0 Å². The van der Waals surface area contributed by atoms with Crippen LogP contribution in [0.2, 0.25) is 0 Å². The third-order valence-electron chi connectivity index (χ3n) is 2.70. The van der Waals surface area contributed by atoms with Crippen LogP contribution >= 0.6 is 7.82 Å². The summed E-state index contributed by atoms with van der Waals surface area (Å²) in [6.45, 7) is 6.04. The van der Waals surface area contributed by atoms with Crippen molar-refractivity contribution in [3.8, 4) is 0 Å². The lowest BCUT2D eigenvalue weighted by molar-refractivity contribution is 0.124. The third kappa shape index (κ3) is 6.42. The monoisotopic (exact) mass is 313 g/mol. The molecule has 6 heteroatoms. The van der Waals surface area contributed by atoms with Gasteiger partial charge in [-0.15, -0.1) is 0 Å². The summed E-state index contributed by atoms with van der Waals surface area (Å²) in [7, 11) is -3.61. The fourth-order valence-corrected chi connectivity index (χ4v) is 2.72. The van der Waals surface area contributed by atoms with E-state index in [0.29, 0.717) is 0 Å². The van der Waals surface area contributed by atoms with E-state index in [-0.39, 0.29) is 13.2 Å². The van der Waals surface area contributed by atoms with E-state index in [1.807, 2.05) is 30.3 Å². The second-order valence-electron chi connectivity index (χ2n) is 4.37. The summed E-state index contributed by atoms with van der Waals surface area (Å²) in [5.74, 6) is 0. The first-order chi connectivity index (χ1) is 10.1. The number of unbranched alkanes of at least 4 members (excludes halogenated alkanes) is 1. The zero-order valence-electron chi connectivity index (χ0n) is 12.9. The summed E-state index contributed by atoms with van der Waals surface area (Å²) in [4.78, 5) is 0. The van der Waals surface area contributed by atoms with Crippen molar-refractivity contribution in [2.75, 3.05) is 13.2 Å². The maximum atomic E-state index is 12.2. The molecule has 0 saturated carbocycles. The zero-order chi connectivity index (χ0) is 15.6. The van der Waals surface area contributed by atoms with Crippen LogP contribution in [0.1, 0.15) is 45.6 Å². The highest BCUT2D eigenvalue weighted by Crippen LogP contribution is 2.49. The predicted octanol–water partition coefficient (Wildman–Crippen LogP) is 4.78. The van der Waals surface area contributed by atoms with Gasteiger partial charge in [-0.05, 0) is 32.3 Å². The van der Waals surface area contributed by atoms with Crippen LogP contribution in [0, 0.1) is 0 Å². The molecule has 0 bridgehead atoms. The standard InChI is InChI=1S/C15H24NO4P/c1-4-7-13-15(14-11-9-8-10-12-14)16-20-21(17,18-5-2)19-6-3/h8-12H,4-7,13H2,1-3H3. The Labute approximate surface area is 126 Å². The molecule has 0 heterocycles.